The fourth-order valence-corrected chi connectivity index (χ4v) is 1.70. The van der Waals surface area contributed by atoms with Gasteiger partial charge in [0.2, 0.25) is 0 Å². The standard InChI is InChI=1S/C10H14N2/c1-2-4-10(5-3-1)8-12-7-6-11-9-12/h2,4,6-7,9-10H,1,3,5,8H2. The lowest BCUT2D eigenvalue weighted by molar-refractivity contribution is 0.466. The second kappa shape index (κ2) is 3.57. The summed E-state index contributed by atoms with van der Waals surface area (Å²) < 4.78 is 2.15. The highest BCUT2D eigenvalue weighted by Crippen LogP contribution is 2.18. The zero-order valence-electron chi connectivity index (χ0n) is 7.19. The fraction of sp³-hybridized carbons (Fsp3) is 0.500. The fourth-order valence-electron chi connectivity index (χ4n) is 1.70. The minimum atomic E-state index is 0.730. The molecule has 0 spiro atoms. The van der Waals surface area contributed by atoms with E-state index in [2.05, 4.69) is 21.7 Å². The van der Waals surface area contributed by atoms with Gasteiger partial charge in [-0.25, -0.2) is 4.98 Å². The van der Waals surface area contributed by atoms with Crippen molar-refractivity contribution in [3.05, 3.63) is 30.9 Å². The summed E-state index contributed by atoms with van der Waals surface area (Å²) in [6.07, 6.45) is 14.3. The Morgan fingerprint density at radius 3 is 3.17 bits per heavy atom. The SMILES string of the molecule is C1=CC(Cn2ccnc2)CCC1. The molecule has 0 aromatic carbocycles. The molecule has 1 aromatic heterocycles. The monoisotopic (exact) mass is 162 g/mol. The van der Waals surface area contributed by atoms with E-state index < -0.39 is 0 Å². The van der Waals surface area contributed by atoms with Gasteiger partial charge in [-0.2, -0.15) is 0 Å². The molecule has 2 rings (SSSR count). The van der Waals surface area contributed by atoms with Gasteiger partial charge >= 0.3 is 0 Å². The number of allylic oxidation sites excluding steroid dienone is 2. The normalized spacial score (nSPS) is 22.8. The lowest BCUT2D eigenvalue weighted by Crippen LogP contribution is -2.09. The minimum Gasteiger partial charge on any atom is -0.337 e. The second-order valence-corrected chi connectivity index (χ2v) is 3.38. The highest BCUT2D eigenvalue weighted by Gasteiger charge is 2.07. The highest BCUT2D eigenvalue weighted by molar-refractivity contribution is 4.93. The zero-order valence-corrected chi connectivity index (χ0v) is 7.19. The Bertz CT molecular complexity index is 249. The van der Waals surface area contributed by atoms with E-state index in [0.29, 0.717) is 0 Å². The maximum Gasteiger partial charge on any atom is 0.0946 e. The predicted molar refractivity (Wildman–Crippen MR) is 48.7 cm³/mol. The van der Waals surface area contributed by atoms with Crippen molar-refractivity contribution in [2.75, 3.05) is 0 Å². The Hall–Kier alpha value is -1.05. The molecule has 12 heavy (non-hydrogen) atoms. The van der Waals surface area contributed by atoms with Gasteiger partial charge < -0.3 is 4.57 Å². The average Bonchev–Trinajstić information content (AvgIpc) is 2.59. The van der Waals surface area contributed by atoms with E-state index in [1.165, 1.54) is 19.3 Å². The molecule has 0 N–H and O–H groups in total. The van der Waals surface area contributed by atoms with Crippen LogP contribution in [0.25, 0.3) is 0 Å². The van der Waals surface area contributed by atoms with Crippen molar-refractivity contribution >= 4 is 0 Å². The first-order valence-corrected chi connectivity index (χ1v) is 4.57. The van der Waals surface area contributed by atoms with Crippen LogP contribution in [0.3, 0.4) is 0 Å². The van der Waals surface area contributed by atoms with Crippen molar-refractivity contribution in [1.29, 1.82) is 0 Å². The first-order valence-electron chi connectivity index (χ1n) is 4.57. The van der Waals surface area contributed by atoms with Gasteiger partial charge in [-0.3, -0.25) is 0 Å². The van der Waals surface area contributed by atoms with Crippen LogP contribution in [0.4, 0.5) is 0 Å². The number of nitrogens with zero attached hydrogens (tertiary/aromatic N) is 2. The molecule has 64 valence electrons. The van der Waals surface area contributed by atoms with Crippen LogP contribution >= 0.6 is 0 Å². The highest BCUT2D eigenvalue weighted by atomic mass is 15.0. The van der Waals surface area contributed by atoms with E-state index >= 15 is 0 Å². The number of hydrogen-bond donors (Lipinski definition) is 0. The summed E-state index contributed by atoms with van der Waals surface area (Å²) in [6.45, 7) is 1.09. The Morgan fingerprint density at radius 1 is 1.50 bits per heavy atom. The van der Waals surface area contributed by atoms with E-state index in [-0.39, 0.29) is 0 Å². The topological polar surface area (TPSA) is 17.8 Å². The van der Waals surface area contributed by atoms with Crippen molar-refractivity contribution in [1.82, 2.24) is 9.55 Å². The van der Waals surface area contributed by atoms with Crippen LogP contribution in [0.15, 0.2) is 30.9 Å². The molecule has 0 bridgehead atoms. The minimum absolute atomic E-state index is 0.730. The third-order valence-corrected chi connectivity index (χ3v) is 2.36. The summed E-state index contributed by atoms with van der Waals surface area (Å²) in [5.74, 6) is 0.730. The lowest BCUT2D eigenvalue weighted by Gasteiger charge is -2.16. The van der Waals surface area contributed by atoms with Crippen molar-refractivity contribution in [2.24, 2.45) is 5.92 Å². The number of rotatable bonds is 2. The van der Waals surface area contributed by atoms with Gasteiger partial charge in [0.05, 0.1) is 6.33 Å². The maximum atomic E-state index is 4.03. The third kappa shape index (κ3) is 1.76. The van der Waals surface area contributed by atoms with Crippen LogP contribution in [-0.2, 0) is 6.54 Å². The molecule has 2 heteroatoms. The van der Waals surface area contributed by atoms with Gasteiger partial charge in [0.1, 0.15) is 0 Å². The second-order valence-electron chi connectivity index (χ2n) is 3.38. The van der Waals surface area contributed by atoms with Gasteiger partial charge in [0.25, 0.3) is 0 Å². The first kappa shape index (κ1) is 7.59. The Labute approximate surface area is 72.9 Å². The molecule has 0 radical (unpaired) electrons. The van der Waals surface area contributed by atoms with Gasteiger partial charge in [0.15, 0.2) is 0 Å². The quantitative estimate of drug-likeness (QED) is 0.610. The van der Waals surface area contributed by atoms with E-state index in [1.807, 2.05) is 18.7 Å². The van der Waals surface area contributed by atoms with Crippen molar-refractivity contribution < 1.29 is 0 Å². The molecule has 1 aliphatic carbocycles. The molecular formula is C10H14N2. The zero-order chi connectivity index (χ0) is 8.23. The average molecular weight is 162 g/mol. The van der Waals surface area contributed by atoms with Crippen LogP contribution in [0.2, 0.25) is 0 Å². The van der Waals surface area contributed by atoms with Crippen molar-refractivity contribution in [3.8, 4) is 0 Å². The largest absolute Gasteiger partial charge is 0.337 e. The molecule has 0 saturated heterocycles. The molecule has 1 unspecified atom stereocenters. The summed E-state index contributed by atoms with van der Waals surface area (Å²) in [4.78, 5) is 4.03. The summed E-state index contributed by atoms with van der Waals surface area (Å²) in [5.41, 5.74) is 0. The van der Waals surface area contributed by atoms with Crippen LogP contribution in [-0.4, -0.2) is 9.55 Å². The molecule has 1 aromatic rings. The van der Waals surface area contributed by atoms with Crippen LogP contribution < -0.4 is 0 Å². The molecule has 0 fully saturated rings. The third-order valence-electron chi connectivity index (χ3n) is 2.36. The van der Waals surface area contributed by atoms with Crippen LogP contribution in [0, 0.1) is 5.92 Å². The Morgan fingerprint density at radius 2 is 2.50 bits per heavy atom. The number of hydrogen-bond acceptors (Lipinski definition) is 1. The molecule has 0 amide bonds. The lowest BCUT2D eigenvalue weighted by atomic mass is 9.96. The van der Waals surface area contributed by atoms with Gasteiger partial charge in [-0.1, -0.05) is 12.2 Å². The van der Waals surface area contributed by atoms with E-state index in [4.69, 9.17) is 0 Å². The maximum absolute atomic E-state index is 4.03. The summed E-state index contributed by atoms with van der Waals surface area (Å²) in [7, 11) is 0. The van der Waals surface area contributed by atoms with Gasteiger partial charge in [-0.05, 0) is 25.2 Å². The van der Waals surface area contributed by atoms with Gasteiger partial charge in [0, 0.05) is 18.9 Å². The van der Waals surface area contributed by atoms with Crippen LogP contribution in [0.1, 0.15) is 19.3 Å². The first-order chi connectivity index (χ1) is 5.95. The van der Waals surface area contributed by atoms with Gasteiger partial charge in [-0.15, -0.1) is 0 Å². The summed E-state index contributed by atoms with van der Waals surface area (Å²) in [6, 6.07) is 0. The molecule has 2 nitrogen and oxygen atoms in total. The number of imidazole rings is 1. The van der Waals surface area contributed by atoms with E-state index in [9.17, 15) is 0 Å². The van der Waals surface area contributed by atoms with E-state index in [0.717, 1.165) is 12.5 Å². The molecule has 0 saturated carbocycles. The molecule has 1 aliphatic rings. The predicted octanol–water partition coefficient (Wildman–Crippen LogP) is 2.24. The molecular weight excluding hydrogens is 148 g/mol. The molecule has 1 atom stereocenters. The number of aromatic nitrogens is 2. The van der Waals surface area contributed by atoms with Crippen molar-refractivity contribution in [3.63, 3.8) is 0 Å². The molecule has 0 aliphatic heterocycles. The molecule has 1 heterocycles. The Balaban J connectivity index is 1.94. The summed E-state index contributed by atoms with van der Waals surface area (Å²) >= 11 is 0. The smallest absolute Gasteiger partial charge is 0.0946 e. The summed E-state index contributed by atoms with van der Waals surface area (Å²) in [5, 5.41) is 0. The Kier molecular flexibility index (Phi) is 2.26. The van der Waals surface area contributed by atoms with Crippen LogP contribution in [0.5, 0.6) is 0 Å². The van der Waals surface area contributed by atoms with E-state index in [1.54, 1.807) is 0 Å². The van der Waals surface area contributed by atoms with Crippen molar-refractivity contribution in [2.45, 2.75) is 25.8 Å².